The molecule has 0 saturated heterocycles. The number of thiazole rings is 1. The lowest BCUT2D eigenvalue weighted by molar-refractivity contribution is 0.425. The molecule has 4 rings (SSSR count). The first-order valence-electron chi connectivity index (χ1n) is 6.85. The van der Waals surface area contributed by atoms with Gasteiger partial charge in [-0.3, -0.25) is 0 Å². The first-order chi connectivity index (χ1) is 11.3. The van der Waals surface area contributed by atoms with E-state index in [-0.39, 0.29) is 5.82 Å². The molecule has 0 N–H and O–H groups in total. The molecule has 0 unspecified atom stereocenters. The average Bonchev–Trinajstić information content (AvgIpc) is 3.20. The molecule has 23 heavy (non-hydrogen) atoms. The summed E-state index contributed by atoms with van der Waals surface area (Å²) in [4.78, 5) is 8.89. The lowest BCUT2D eigenvalue weighted by atomic mass is 10.2. The van der Waals surface area contributed by atoms with Crippen molar-refractivity contribution in [3.8, 4) is 11.5 Å². The van der Waals surface area contributed by atoms with Gasteiger partial charge in [-0.25, -0.2) is 9.37 Å². The van der Waals surface area contributed by atoms with Crippen LogP contribution in [0.1, 0.15) is 5.82 Å². The fourth-order valence-electron chi connectivity index (χ4n) is 2.06. The van der Waals surface area contributed by atoms with Crippen molar-refractivity contribution in [1.82, 2.24) is 15.1 Å². The van der Waals surface area contributed by atoms with Gasteiger partial charge in [0, 0.05) is 5.56 Å². The summed E-state index contributed by atoms with van der Waals surface area (Å²) in [6.07, 6.45) is 0. The molecule has 0 amide bonds. The normalized spacial score (nSPS) is 11.2. The average molecular weight is 343 g/mol. The van der Waals surface area contributed by atoms with Crippen molar-refractivity contribution in [3.05, 3.63) is 60.2 Å². The zero-order chi connectivity index (χ0) is 15.6. The number of fused-ring (bicyclic) bond motifs is 1. The Hall–Kier alpha value is -2.25. The van der Waals surface area contributed by atoms with Crippen molar-refractivity contribution >= 4 is 33.3 Å². The summed E-state index contributed by atoms with van der Waals surface area (Å²) in [6.45, 7) is 0. The van der Waals surface area contributed by atoms with Crippen molar-refractivity contribution in [1.29, 1.82) is 0 Å². The molecule has 0 spiro atoms. The van der Waals surface area contributed by atoms with Gasteiger partial charge in [0.25, 0.3) is 5.89 Å². The van der Waals surface area contributed by atoms with Gasteiger partial charge >= 0.3 is 0 Å². The fraction of sp³-hybridized carbons (Fsp3) is 0.0625. The number of hydrogen-bond acceptors (Lipinski definition) is 6. The molecule has 4 nitrogen and oxygen atoms in total. The third-order valence-electron chi connectivity index (χ3n) is 3.16. The molecule has 0 atom stereocenters. The summed E-state index contributed by atoms with van der Waals surface area (Å²) in [5, 5.41) is 3.96. The van der Waals surface area contributed by atoms with Crippen LogP contribution in [0.5, 0.6) is 0 Å². The number of rotatable bonds is 4. The maximum absolute atomic E-state index is 12.9. The number of nitrogens with zero attached hydrogens (tertiary/aromatic N) is 3. The summed E-state index contributed by atoms with van der Waals surface area (Å²) < 4.78 is 20.3. The Morgan fingerprint density at radius 1 is 1.04 bits per heavy atom. The van der Waals surface area contributed by atoms with E-state index in [4.69, 9.17) is 4.52 Å². The lowest BCUT2D eigenvalue weighted by Gasteiger charge is -1.92. The second-order valence-corrected chi connectivity index (χ2v) is 7.01. The number of hydrogen-bond donors (Lipinski definition) is 0. The molecular formula is C16H10FN3OS2. The minimum Gasteiger partial charge on any atom is -0.334 e. The molecule has 0 aliphatic heterocycles. The van der Waals surface area contributed by atoms with Crippen LogP contribution in [-0.2, 0) is 5.75 Å². The molecule has 0 radical (unpaired) electrons. The molecule has 0 aliphatic rings. The smallest absolute Gasteiger partial charge is 0.257 e. The van der Waals surface area contributed by atoms with E-state index < -0.39 is 0 Å². The van der Waals surface area contributed by atoms with Gasteiger partial charge < -0.3 is 4.52 Å². The Kier molecular flexibility index (Phi) is 3.80. The Bertz CT molecular complexity index is 916. The van der Waals surface area contributed by atoms with Gasteiger partial charge in [-0.15, -0.1) is 11.3 Å². The van der Waals surface area contributed by atoms with Gasteiger partial charge in [-0.1, -0.05) is 29.1 Å². The molecule has 0 saturated carbocycles. The predicted octanol–water partition coefficient (Wildman–Crippen LogP) is 4.78. The van der Waals surface area contributed by atoms with Crippen LogP contribution in [0.25, 0.3) is 21.7 Å². The molecule has 0 aliphatic carbocycles. The van der Waals surface area contributed by atoms with Crippen LogP contribution < -0.4 is 0 Å². The van der Waals surface area contributed by atoms with E-state index in [1.807, 2.05) is 18.2 Å². The molecule has 0 bridgehead atoms. The Labute approximate surface area is 139 Å². The third-order valence-corrected chi connectivity index (χ3v) is 5.33. The molecule has 4 aromatic rings. The highest BCUT2D eigenvalue weighted by Crippen LogP contribution is 2.31. The number of benzene rings is 2. The highest BCUT2D eigenvalue weighted by atomic mass is 32.2. The minimum absolute atomic E-state index is 0.292. The van der Waals surface area contributed by atoms with E-state index >= 15 is 0 Å². The molecular weight excluding hydrogens is 333 g/mol. The van der Waals surface area contributed by atoms with E-state index in [2.05, 4.69) is 21.2 Å². The van der Waals surface area contributed by atoms with Crippen molar-refractivity contribution < 1.29 is 8.91 Å². The van der Waals surface area contributed by atoms with Gasteiger partial charge in [0.15, 0.2) is 10.2 Å². The van der Waals surface area contributed by atoms with Crippen LogP contribution in [0.3, 0.4) is 0 Å². The fourth-order valence-corrected chi connectivity index (χ4v) is 3.97. The zero-order valence-corrected chi connectivity index (χ0v) is 13.4. The molecule has 2 aromatic carbocycles. The van der Waals surface area contributed by atoms with Crippen molar-refractivity contribution in [3.63, 3.8) is 0 Å². The summed E-state index contributed by atoms with van der Waals surface area (Å²) >= 11 is 3.22. The van der Waals surface area contributed by atoms with E-state index in [1.165, 1.54) is 12.1 Å². The summed E-state index contributed by atoms with van der Waals surface area (Å²) in [6, 6.07) is 14.0. The topological polar surface area (TPSA) is 51.8 Å². The van der Waals surface area contributed by atoms with Crippen LogP contribution in [0.15, 0.2) is 57.4 Å². The van der Waals surface area contributed by atoms with Crippen LogP contribution in [0.4, 0.5) is 4.39 Å². The quantitative estimate of drug-likeness (QED) is 0.499. The van der Waals surface area contributed by atoms with E-state index in [0.29, 0.717) is 23.0 Å². The first kappa shape index (κ1) is 14.3. The maximum atomic E-state index is 12.9. The van der Waals surface area contributed by atoms with E-state index in [9.17, 15) is 4.39 Å². The summed E-state index contributed by atoms with van der Waals surface area (Å²) in [5.74, 6) is 1.27. The van der Waals surface area contributed by atoms with Crippen molar-refractivity contribution in [2.24, 2.45) is 0 Å². The van der Waals surface area contributed by atoms with Gasteiger partial charge in [-0.2, -0.15) is 4.98 Å². The largest absolute Gasteiger partial charge is 0.334 e. The minimum atomic E-state index is -0.292. The third kappa shape index (κ3) is 3.11. The number of thioether (sulfide) groups is 1. The van der Waals surface area contributed by atoms with E-state index in [0.717, 1.165) is 14.6 Å². The van der Waals surface area contributed by atoms with E-state index in [1.54, 1.807) is 35.2 Å². The van der Waals surface area contributed by atoms with Gasteiger partial charge in [-0.05, 0) is 36.4 Å². The first-order valence-corrected chi connectivity index (χ1v) is 8.65. The van der Waals surface area contributed by atoms with Crippen molar-refractivity contribution in [2.45, 2.75) is 10.1 Å². The molecule has 0 fully saturated rings. The molecule has 114 valence electrons. The predicted molar refractivity (Wildman–Crippen MR) is 88.9 cm³/mol. The van der Waals surface area contributed by atoms with Crippen LogP contribution in [0.2, 0.25) is 0 Å². The summed E-state index contributed by atoms with van der Waals surface area (Å²) in [5.41, 5.74) is 1.70. The molecule has 7 heteroatoms. The summed E-state index contributed by atoms with van der Waals surface area (Å²) in [7, 11) is 0. The van der Waals surface area contributed by atoms with Crippen LogP contribution >= 0.6 is 23.1 Å². The maximum Gasteiger partial charge on any atom is 0.257 e. The van der Waals surface area contributed by atoms with Crippen LogP contribution in [0, 0.1) is 5.82 Å². The van der Waals surface area contributed by atoms with Crippen LogP contribution in [-0.4, -0.2) is 15.1 Å². The lowest BCUT2D eigenvalue weighted by Crippen LogP contribution is -1.84. The standard InChI is InChI=1S/C16H10FN3OS2/c17-11-7-5-10(6-8-11)15-19-14(20-21-15)9-22-16-18-12-3-1-2-4-13(12)23-16/h1-8H,9H2. The second kappa shape index (κ2) is 6.10. The molecule has 2 aromatic heterocycles. The molecule has 2 heterocycles. The zero-order valence-electron chi connectivity index (χ0n) is 11.8. The highest BCUT2D eigenvalue weighted by Gasteiger charge is 2.11. The number of halogens is 1. The Morgan fingerprint density at radius 2 is 1.87 bits per heavy atom. The Morgan fingerprint density at radius 3 is 2.70 bits per heavy atom. The second-order valence-electron chi connectivity index (χ2n) is 4.76. The Balaban J connectivity index is 1.48. The SMILES string of the molecule is Fc1ccc(-c2nc(CSc3nc4ccccc4s3)no2)cc1. The van der Waals surface area contributed by atoms with Gasteiger partial charge in [0.1, 0.15) is 5.82 Å². The number of para-hydroxylation sites is 1. The van der Waals surface area contributed by atoms with Gasteiger partial charge in [0.2, 0.25) is 0 Å². The van der Waals surface area contributed by atoms with Gasteiger partial charge in [0.05, 0.1) is 16.0 Å². The van der Waals surface area contributed by atoms with Crippen molar-refractivity contribution in [2.75, 3.05) is 0 Å². The monoisotopic (exact) mass is 343 g/mol. The number of aromatic nitrogens is 3. The highest BCUT2D eigenvalue weighted by molar-refractivity contribution is 8.00.